The van der Waals surface area contributed by atoms with Crippen LogP contribution >= 0.6 is 11.3 Å². The van der Waals surface area contributed by atoms with Crippen molar-refractivity contribution in [1.82, 2.24) is 25.0 Å². The number of thiophene rings is 1. The zero-order valence-electron chi connectivity index (χ0n) is 17.9. The molecule has 1 aliphatic rings. The highest BCUT2D eigenvalue weighted by Gasteiger charge is 2.23. The van der Waals surface area contributed by atoms with Crippen molar-refractivity contribution in [2.45, 2.75) is 12.6 Å². The highest BCUT2D eigenvalue weighted by Crippen LogP contribution is 2.27. The van der Waals surface area contributed by atoms with Gasteiger partial charge in [-0.1, -0.05) is 24.3 Å². The maximum absolute atomic E-state index is 5.57. The van der Waals surface area contributed by atoms with Crippen LogP contribution in [0.2, 0.25) is 0 Å². The van der Waals surface area contributed by atoms with E-state index in [4.69, 9.17) is 9.84 Å². The van der Waals surface area contributed by atoms with E-state index in [1.807, 2.05) is 46.5 Å². The first-order chi connectivity index (χ1) is 15.9. The van der Waals surface area contributed by atoms with Crippen LogP contribution in [0, 0.1) is 0 Å². The fourth-order valence-corrected chi connectivity index (χ4v) is 4.98. The van der Waals surface area contributed by atoms with Gasteiger partial charge in [0, 0.05) is 60.8 Å². The van der Waals surface area contributed by atoms with Gasteiger partial charge in [-0.2, -0.15) is 5.10 Å². The molecule has 5 rings (SSSR count). The van der Waals surface area contributed by atoms with Gasteiger partial charge in [-0.3, -0.25) is 9.88 Å². The molecule has 1 aliphatic heterocycles. The lowest BCUT2D eigenvalue weighted by Gasteiger charge is -2.34. The van der Waals surface area contributed by atoms with Crippen LogP contribution in [0.15, 0.2) is 78.6 Å². The number of ether oxygens (including phenoxy) is 1. The quantitative estimate of drug-likeness (QED) is 0.441. The highest BCUT2D eigenvalue weighted by atomic mass is 32.1. The van der Waals surface area contributed by atoms with E-state index in [0.29, 0.717) is 6.04 Å². The summed E-state index contributed by atoms with van der Waals surface area (Å²) in [5, 5.41) is 10.8. The van der Waals surface area contributed by atoms with Crippen molar-refractivity contribution in [3.8, 4) is 16.9 Å². The third kappa shape index (κ3) is 4.81. The molecule has 0 saturated carbocycles. The summed E-state index contributed by atoms with van der Waals surface area (Å²) in [6.45, 7) is 5.16. The number of aromatic nitrogens is 3. The molecule has 1 aromatic carbocycles. The van der Waals surface area contributed by atoms with Crippen molar-refractivity contribution < 1.29 is 4.74 Å². The molecule has 4 heterocycles. The second-order valence-corrected chi connectivity index (χ2v) is 8.81. The predicted molar refractivity (Wildman–Crippen MR) is 128 cm³/mol. The monoisotopic (exact) mass is 445 g/mol. The number of nitrogens with one attached hydrogen (secondary N) is 1. The topological polar surface area (TPSA) is 55.2 Å². The molecule has 0 unspecified atom stereocenters. The summed E-state index contributed by atoms with van der Waals surface area (Å²) in [7, 11) is 0. The Bertz CT molecular complexity index is 1090. The van der Waals surface area contributed by atoms with Crippen molar-refractivity contribution in [2.75, 3.05) is 32.8 Å². The summed E-state index contributed by atoms with van der Waals surface area (Å²) in [4.78, 5) is 8.22. The van der Waals surface area contributed by atoms with Gasteiger partial charge in [0.2, 0.25) is 0 Å². The Kier molecular flexibility index (Phi) is 6.69. The number of hydrogen-bond acceptors (Lipinski definition) is 6. The third-order valence-corrected chi connectivity index (χ3v) is 6.73. The fraction of sp³-hybridized carbons (Fsp3) is 0.280. The second-order valence-electron chi connectivity index (χ2n) is 7.84. The Morgan fingerprint density at radius 1 is 1.03 bits per heavy atom. The van der Waals surface area contributed by atoms with E-state index < -0.39 is 0 Å². The van der Waals surface area contributed by atoms with Crippen molar-refractivity contribution in [2.24, 2.45) is 0 Å². The van der Waals surface area contributed by atoms with Gasteiger partial charge in [0.1, 0.15) is 0 Å². The van der Waals surface area contributed by atoms with Gasteiger partial charge in [0.25, 0.3) is 0 Å². The molecular formula is C25H27N5OS. The highest BCUT2D eigenvalue weighted by molar-refractivity contribution is 7.10. The number of rotatable bonds is 8. The van der Waals surface area contributed by atoms with Crippen LogP contribution in [-0.4, -0.2) is 52.5 Å². The Labute approximate surface area is 192 Å². The first kappa shape index (κ1) is 21.0. The molecule has 1 N–H and O–H groups in total. The van der Waals surface area contributed by atoms with Crippen LogP contribution in [-0.2, 0) is 11.3 Å². The van der Waals surface area contributed by atoms with E-state index >= 15 is 0 Å². The third-order valence-electron chi connectivity index (χ3n) is 5.76. The van der Waals surface area contributed by atoms with Gasteiger partial charge < -0.3 is 10.1 Å². The van der Waals surface area contributed by atoms with E-state index in [2.05, 4.69) is 57.1 Å². The number of benzene rings is 1. The van der Waals surface area contributed by atoms with E-state index in [1.165, 1.54) is 4.88 Å². The normalized spacial score (nSPS) is 15.6. The number of pyridine rings is 1. The fourth-order valence-electron chi connectivity index (χ4n) is 4.12. The van der Waals surface area contributed by atoms with Gasteiger partial charge in [-0.15, -0.1) is 11.3 Å². The molecule has 1 fully saturated rings. The van der Waals surface area contributed by atoms with Crippen LogP contribution in [0.4, 0.5) is 0 Å². The van der Waals surface area contributed by atoms with Gasteiger partial charge >= 0.3 is 0 Å². The summed E-state index contributed by atoms with van der Waals surface area (Å²) in [5.41, 5.74) is 4.21. The summed E-state index contributed by atoms with van der Waals surface area (Å²) < 4.78 is 7.53. The Balaban J connectivity index is 1.36. The van der Waals surface area contributed by atoms with Crippen molar-refractivity contribution in [1.29, 1.82) is 0 Å². The minimum absolute atomic E-state index is 0.352. The zero-order chi connectivity index (χ0) is 21.6. The molecule has 1 saturated heterocycles. The maximum Gasteiger partial charge on any atom is 0.0988 e. The van der Waals surface area contributed by atoms with E-state index in [9.17, 15) is 0 Å². The number of nitrogens with zero attached hydrogens (tertiary/aromatic N) is 4. The van der Waals surface area contributed by atoms with Crippen molar-refractivity contribution >= 4 is 11.3 Å². The Hall–Kier alpha value is -2.84. The largest absolute Gasteiger partial charge is 0.379 e. The molecule has 0 radical (unpaired) electrons. The summed E-state index contributed by atoms with van der Waals surface area (Å²) in [6.07, 6.45) is 5.80. The smallest absolute Gasteiger partial charge is 0.0988 e. The van der Waals surface area contributed by atoms with E-state index in [-0.39, 0.29) is 0 Å². The van der Waals surface area contributed by atoms with Crippen molar-refractivity contribution in [3.63, 3.8) is 0 Å². The van der Waals surface area contributed by atoms with Gasteiger partial charge in [-0.25, -0.2) is 4.68 Å². The minimum atomic E-state index is 0.352. The average molecular weight is 446 g/mol. The Morgan fingerprint density at radius 3 is 2.66 bits per heavy atom. The summed E-state index contributed by atoms with van der Waals surface area (Å²) in [6, 6.07) is 19.0. The first-order valence-corrected chi connectivity index (χ1v) is 11.9. The molecule has 6 nitrogen and oxygen atoms in total. The molecule has 4 aromatic rings. The van der Waals surface area contributed by atoms with E-state index in [0.717, 1.165) is 61.9 Å². The van der Waals surface area contributed by atoms with Crippen LogP contribution in [0.25, 0.3) is 16.9 Å². The van der Waals surface area contributed by atoms with Gasteiger partial charge in [-0.05, 0) is 35.7 Å². The average Bonchev–Trinajstić information content (AvgIpc) is 3.54. The van der Waals surface area contributed by atoms with Gasteiger partial charge in [0.15, 0.2) is 0 Å². The number of morpholine rings is 1. The van der Waals surface area contributed by atoms with Crippen LogP contribution < -0.4 is 5.32 Å². The molecule has 1 atom stereocenters. The molecule has 32 heavy (non-hydrogen) atoms. The molecule has 0 spiro atoms. The van der Waals surface area contributed by atoms with Crippen LogP contribution in [0.1, 0.15) is 16.5 Å². The summed E-state index contributed by atoms with van der Waals surface area (Å²) >= 11 is 1.83. The molecule has 164 valence electrons. The minimum Gasteiger partial charge on any atom is -0.379 e. The van der Waals surface area contributed by atoms with Gasteiger partial charge in [0.05, 0.1) is 30.6 Å². The van der Waals surface area contributed by atoms with Crippen molar-refractivity contribution in [3.05, 3.63) is 89.0 Å². The standard InChI is InChI=1S/C25H27N5OS/c1-2-7-22(8-3-1)30-19-21(25(28-30)20-6-4-10-26-16-20)17-27-18-23(24-9-5-15-32-24)29-11-13-31-14-12-29/h1-10,15-16,19,23,27H,11-14,17-18H2/t23-/m1/s1. The van der Waals surface area contributed by atoms with E-state index in [1.54, 1.807) is 6.20 Å². The molecular weight excluding hydrogens is 418 g/mol. The van der Waals surface area contributed by atoms with Crippen LogP contribution in [0.5, 0.6) is 0 Å². The SMILES string of the molecule is c1ccc(-n2cc(CNC[C@H](c3cccs3)N3CCOCC3)c(-c3cccnc3)n2)cc1. The first-order valence-electron chi connectivity index (χ1n) is 11.0. The second kappa shape index (κ2) is 10.2. The predicted octanol–water partition coefficient (Wildman–Crippen LogP) is 4.16. The number of para-hydroxylation sites is 1. The lowest BCUT2D eigenvalue weighted by molar-refractivity contribution is 0.0168. The molecule has 0 bridgehead atoms. The molecule has 7 heteroatoms. The molecule has 3 aromatic heterocycles. The molecule has 0 amide bonds. The maximum atomic E-state index is 5.57. The zero-order valence-corrected chi connectivity index (χ0v) is 18.7. The lowest BCUT2D eigenvalue weighted by Crippen LogP contribution is -2.42. The number of hydrogen-bond donors (Lipinski definition) is 1. The lowest BCUT2D eigenvalue weighted by atomic mass is 10.1. The molecule has 0 aliphatic carbocycles. The summed E-state index contributed by atoms with van der Waals surface area (Å²) in [5.74, 6) is 0. The Morgan fingerprint density at radius 2 is 1.91 bits per heavy atom. The van der Waals surface area contributed by atoms with Crippen LogP contribution in [0.3, 0.4) is 0 Å².